The molecule has 1 aliphatic heterocycles. The van der Waals surface area contributed by atoms with Gasteiger partial charge in [-0.3, -0.25) is 4.79 Å². The van der Waals surface area contributed by atoms with Crippen LogP contribution in [-0.2, 0) is 7.05 Å². The summed E-state index contributed by atoms with van der Waals surface area (Å²) in [6.45, 7) is 3.82. The summed E-state index contributed by atoms with van der Waals surface area (Å²) in [7, 11) is 2.03. The van der Waals surface area contributed by atoms with Crippen LogP contribution in [0.3, 0.4) is 0 Å². The summed E-state index contributed by atoms with van der Waals surface area (Å²) in [5.41, 5.74) is 4.14. The molecule has 0 saturated carbocycles. The summed E-state index contributed by atoms with van der Waals surface area (Å²) in [6.07, 6.45) is 2.26. The Morgan fingerprint density at radius 2 is 1.75 bits per heavy atom. The molecule has 3 rings (SSSR count). The van der Waals surface area contributed by atoms with Gasteiger partial charge in [-0.25, -0.2) is 0 Å². The summed E-state index contributed by atoms with van der Waals surface area (Å²) < 4.78 is 2.11. The monoisotopic (exact) mass is 268 g/mol. The van der Waals surface area contributed by atoms with Crippen LogP contribution in [0.4, 0.5) is 0 Å². The van der Waals surface area contributed by atoms with E-state index in [-0.39, 0.29) is 5.91 Å². The van der Waals surface area contributed by atoms with E-state index in [1.165, 1.54) is 0 Å². The van der Waals surface area contributed by atoms with E-state index < -0.39 is 0 Å². The number of aromatic nitrogens is 1. The Balaban J connectivity index is 1.99. The Morgan fingerprint density at radius 3 is 2.40 bits per heavy atom. The molecule has 1 saturated heterocycles. The number of benzene rings is 1. The van der Waals surface area contributed by atoms with Gasteiger partial charge in [-0.05, 0) is 31.4 Å². The Kier molecular flexibility index (Phi) is 3.35. The maximum absolute atomic E-state index is 12.6. The molecule has 0 atom stereocenters. The molecule has 2 aromatic rings. The van der Waals surface area contributed by atoms with Gasteiger partial charge in [0.1, 0.15) is 0 Å². The minimum atomic E-state index is 0.179. The summed E-state index contributed by atoms with van der Waals surface area (Å²) >= 11 is 0. The van der Waals surface area contributed by atoms with Crippen LogP contribution in [-0.4, -0.2) is 28.5 Å². The van der Waals surface area contributed by atoms with E-state index in [2.05, 4.69) is 16.7 Å². The second-order valence-corrected chi connectivity index (χ2v) is 5.45. The smallest absolute Gasteiger partial charge is 0.255 e. The molecule has 0 bridgehead atoms. The molecule has 0 spiro atoms. The van der Waals surface area contributed by atoms with E-state index in [0.29, 0.717) is 0 Å². The molecule has 3 nitrogen and oxygen atoms in total. The molecule has 0 unspecified atom stereocenters. The molecule has 0 aliphatic carbocycles. The van der Waals surface area contributed by atoms with Crippen molar-refractivity contribution in [3.8, 4) is 11.3 Å². The fourth-order valence-electron chi connectivity index (χ4n) is 2.89. The number of nitrogens with zero attached hydrogens (tertiary/aromatic N) is 2. The van der Waals surface area contributed by atoms with Gasteiger partial charge in [-0.2, -0.15) is 0 Å². The highest BCUT2D eigenvalue weighted by Crippen LogP contribution is 2.26. The average Bonchev–Trinajstić information content (AvgIpc) is 3.10. The van der Waals surface area contributed by atoms with E-state index in [4.69, 9.17) is 0 Å². The number of hydrogen-bond acceptors (Lipinski definition) is 1. The Bertz CT molecular complexity index is 622. The number of carbonyl (C=O) groups is 1. The first-order valence-electron chi connectivity index (χ1n) is 7.19. The normalized spacial score (nSPS) is 14.8. The lowest BCUT2D eigenvalue weighted by Crippen LogP contribution is -2.27. The van der Waals surface area contributed by atoms with Gasteiger partial charge in [-0.15, -0.1) is 0 Å². The van der Waals surface area contributed by atoms with Crippen molar-refractivity contribution in [2.24, 2.45) is 7.05 Å². The highest BCUT2D eigenvalue weighted by atomic mass is 16.2. The maximum atomic E-state index is 12.6. The third kappa shape index (κ3) is 2.13. The first kappa shape index (κ1) is 13.0. The number of amides is 1. The van der Waals surface area contributed by atoms with Crippen molar-refractivity contribution in [3.05, 3.63) is 47.7 Å². The van der Waals surface area contributed by atoms with Gasteiger partial charge in [0.2, 0.25) is 0 Å². The largest absolute Gasteiger partial charge is 0.347 e. The van der Waals surface area contributed by atoms with Crippen LogP contribution in [0.5, 0.6) is 0 Å². The molecule has 0 N–H and O–H groups in total. The second kappa shape index (κ2) is 5.16. The first-order valence-corrected chi connectivity index (χ1v) is 7.19. The van der Waals surface area contributed by atoms with Crippen LogP contribution in [0, 0.1) is 6.92 Å². The molecule has 1 aromatic heterocycles. The Labute approximate surface area is 119 Å². The zero-order valence-electron chi connectivity index (χ0n) is 12.1. The van der Waals surface area contributed by atoms with Gasteiger partial charge in [0.05, 0.1) is 5.56 Å². The minimum Gasteiger partial charge on any atom is -0.347 e. The third-order valence-corrected chi connectivity index (χ3v) is 4.23. The van der Waals surface area contributed by atoms with Crippen LogP contribution in [0.2, 0.25) is 0 Å². The first-order chi connectivity index (χ1) is 9.68. The number of rotatable bonds is 2. The van der Waals surface area contributed by atoms with Crippen molar-refractivity contribution in [2.45, 2.75) is 19.8 Å². The van der Waals surface area contributed by atoms with Crippen molar-refractivity contribution < 1.29 is 4.79 Å². The van der Waals surface area contributed by atoms with Crippen molar-refractivity contribution in [3.63, 3.8) is 0 Å². The van der Waals surface area contributed by atoms with Gasteiger partial charge >= 0.3 is 0 Å². The van der Waals surface area contributed by atoms with Crippen molar-refractivity contribution in [1.29, 1.82) is 0 Å². The molecular weight excluding hydrogens is 248 g/mol. The zero-order chi connectivity index (χ0) is 14.1. The van der Waals surface area contributed by atoms with Crippen LogP contribution in [0.25, 0.3) is 11.3 Å². The molecule has 1 aromatic carbocycles. The topological polar surface area (TPSA) is 25.2 Å². The third-order valence-electron chi connectivity index (χ3n) is 4.23. The van der Waals surface area contributed by atoms with Gasteiger partial charge < -0.3 is 9.47 Å². The Morgan fingerprint density at radius 1 is 1.10 bits per heavy atom. The molecule has 0 radical (unpaired) electrons. The second-order valence-electron chi connectivity index (χ2n) is 5.45. The lowest BCUT2D eigenvalue weighted by Gasteiger charge is -2.14. The lowest BCUT2D eigenvalue weighted by atomic mass is 10.1. The van der Waals surface area contributed by atoms with Crippen LogP contribution in [0.15, 0.2) is 36.4 Å². The van der Waals surface area contributed by atoms with Crippen molar-refractivity contribution in [1.82, 2.24) is 9.47 Å². The van der Waals surface area contributed by atoms with E-state index in [9.17, 15) is 4.79 Å². The van der Waals surface area contributed by atoms with Crippen molar-refractivity contribution in [2.75, 3.05) is 13.1 Å². The Hall–Kier alpha value is -2.03. The number of carbonyl (C=O) groups excluding carboxylic acids is 1. The van der Waals surface area contributed by atoms with Gasteiger partial charge in [0.15, 0.2) is 0 Å². The van der Waals surface area contributed by atoms with E-state index in [1.54, 1.807) is 0 Å². The maximum Gasteiger partial charge on any atom is 0.255 e. The highest BCUT2D eigenvalue weighted by molar-refractivity contribution is 5.97. The predicted molar refractivity (Wildman–Crippen MR) is 80.7 cm³/mol. The van der Waals surface area contributed by atoms with Gasteiger partial charge in [0, 0.05) is 31.5 Å². The average molecular weight is 268 g/mol. The predicted octanol–water partition coefficient (Wildman–Crippen LogP) is 3.24. The zero-order valence-corrected chi connectivity index (χ0v) is 12.1. The lowest BCUT2D eigenvalue weighted by molar-refractivity contribution is 0.0792. The van der Waals surface area contributed by atoms with Crippen LogP contribution >= 0.6 is 0 Å². The molecule has 2 heterocycles. The molecular formula is C17H20N2O. The number of hydrogen-bond donors (Lipinski definition) is 0. The minimum absolute atomic E-state index is 0.179. The molecule has 1 aliphatic rings. The van der Waals surface area contributed by atoms with Gasteiger partial charge in [-0.1, -0.05) is 30.3 Å². The van der Waals surface area contributed by atoms with E-state index in [0.717, 1.165) is 48.4 Å². The van der Waals surface area contributed by atoms with Gasteiger partial charge in [0.25, 0.3) is 5.91 Å². The summed E-state index contributed by atoms with van der Waals surface area (Å²) in [5, 5.41) is 0. The summed E-state index contributed by atoms with van der Waals surface area (Å²) in [4.78, 5) is 14.5. The summed E-state index contributed by atoms with van der Waals surface area (Å²) in [5.74, 6) is 0.179. The highest BCUT2D eigenvalue weighted by Gasteiger charge is 2.23. The summed E-state index contributed by atoms with van der Waals surface area (Å²) in [6, 6.07) is 12.3. The quantitative estimate of drug-likeness (QED) is 0.821. The molecule has 20 heavy (non-hydrogen) atoms. The fourth-order valence-corrected chi connectivity index (χ4v) is 2.89. The van der Waals surface area contributed by atoms with E-state index in [1.807, 2.05) is 43.1 Å². The van der Waals surface area contributed by atoms with E-state index >= 15 is 0 Å². The SMILES string of the molecule is Cc1c(C(=O)N2CCCC2)cc(-c2ccccc2)n1C. The molecule has 104 valence electrons. The molecule has 1 fully saturated rings. The number of likely N-dealkylation sites (tertiary alicyclic amines) is 1. The molecule has 3 heteroatoms. The molecule has 1 amide bonds. The fraction of sp³-hybridized carbons (Fsp3) is 0.353. The van der Waals surface area contributed by atoms with Crippen molar-refractivity contribution >= 4 is 5.91 Å². The van der Waals surface area contributed by atoms with Crippen LogP contribution < -0.4 is 0 Å². The van der Waals surface area contributed by atoms with Crippen LogP contribution in [0.1, 0.15) is 28.9 Å². The standard InChI is InChI=1S/C17H20N2O/c1-13-15(17(20)19-10-6-7-11-19)12-16(18(13)2)14-8-4-3-5-9-14/h3-5,8-9,12H,6-7,10-11H2,1-2H3.